The van der Waals surface area contributed by atoms with Crippen LogP contribution in [0.1, 0.15) is 56.4 Å². The van der Waals surface area contributed by atoms with Gasteiger partial charge < -0.3 is 10.6 Å². The van der Waals surface area contributed by atoms with Gasteiger partial charge in [-0.2, -0.15) is 0 Å². The van der Waals surface area contributed by atoms with Gasteiger partial charge in [0.1, 0.15) is 11.5 Å². The summed E-state index contributed by atoms with van der Waals surface area (Å²) in [5, 5.41) is 6.15. The minimum atomic E-state index is -0.209. The Hall–Kier alpha value is -1.29. The third-order valence-corrected chi connectivity index (χ3v) is 3.62. The number of nitrogens with one attached hydrogen (secondary N) is 2. The fourth-order valence-corrected chi connectivity index (χ4v) is 2.25. The third kappa shape index (κ3) is 6.80. The summed E-state index contributed by atoms with van der Waals surface area (Å²) in [6.07, 6.45) is 5.91. The molecule has 0 saturated heterocycles. The normalized spacial score (nSPS) is 10.7. The van der Waals surface area contributed by atoms with E-state index in [0.717, 1.165) is 18.8 Å². The summed E-state index contributed by atoms with van der Waals surface area (Å²) in [5.74, 6) is 1.20. The number of carbonyl (C=O) groups excluding carboxylic acids is 1. The maximum absolute atomic E-state index is 12.0. The highest BCUT2D eigenvalue weighted by molar-refractivity contribution is 6.33. The molecule has 0 fully saturated rings. The Kier molecular flexibility index (Phi) is 8.13. The summed E-state index contributed by atoms with van der Waals surface area (Å²) in [6.45, 7) is 5.16. The van der Waals surface area contributed by atoms with Crippen LogP contribution in [-0.2, 0) is 0 Å². The van der Waals surface area contributed by atoms with Crippen molar-refractivity contribution in [2.45, 2.75) is 46.0 Å². The minimum absolute atomic E-state index is 0.209. The maximum Gasteiger partial charge on any atom is 0.271 e. The quantitative estimate of drug-likeness (QED) is 0.675. The second-order valence-corrected chi connectivity index (χ2v) is 6.04. The number of hydrogen-bond acceptors (Lipinski definition) is 3. The molecule has 2 N–H and O–H groups in total. The fraction of sp³-hybridized carbons (Fsp3) is 0.625. The zero-order chi connectivity index (χ0) is 15.7. The van der Waals surface area contributed by atoms with Crippen molar-refractivity contribution in [1.29, 1.82) is 0 Å². The van der Waals surface area contributed by atoms with Gasteiger partial charge in [-0.05, 0) is 24.5 Å². The lowest BCUT2D eigenvalue weighted by Crippen LogP contribution is -2.26. The molecule has 0 aromatic carbocycles. The van der Waals surface area contributed by atoms with Crippen molar-refractivity contribution < 1.29 is 4.79 Å². The maximum atomic E-state index is 12.0. The van der Waals surface area contributed by atoms with E-state index >= 15 is 0 Å². The van der Waals surface area contributed by atoms with Crippen molar-refractivity contribution in [1.82, 2.24) is 10.3 Å². The van der Waals surface area contributed by atoms with E-state index in [-0.39, 0.29) is 11.6 Å². The van der Waals surface area contributed by atoms with Gasteiger partial charge in [0.05, 0.1) is 5.02 Å². The summed E-state index contributed by atoms with van der Waals surface area (Å²) in [4.78, 5) is 16.2. The van der Waals surface area contributed by atoms with Gasteiger partial charge in [-0.25, -0.2) is 4.98 Å². The summed E-state index contributed by atoms with van der Waals surface area (Å²) >= 11 is 6.01. The van der Waals surface area contributed by atoms with Crippen LogP contribution in [0.25, 0.3) is 0 Å². The van der Waals surface area contributed by atoms with Crippen LogP contribution in [0, 0.1) is 5.92 Å². The van der Waals surface area contributed by atoms with Gasteiger partial charge in [-0.3, -0.25) is 4.79 Å². The molecule has 1 aromatic rings. The van der Waals surface area contributed by atoms with Gasteiger partial charge in [0.2, 0.25) is 0 Å². The minimum Gasteiger partial charge on any atom is -0.373 e. The Bertz CT molecular complexity index is 449. The number of amides is 1. The number of hydrogen-bond donors (Lipinski definition) is 2. The largest absolute Gasteiger partial charge is 0.373 e. The molecule has 4 nitrogen and oxygen atoms in total. The number of rotatable bonds is 9. The standard InChI is InChI=1S/C16H26ClN3O/c1-12(2)8-6-4-5-7-11-19-16(21)15-13(17)9-10-14(18-3)20-15/h9-10,12H,4-8,11H2,1-3H3,(H,18,20)(H,19,21). The van der Waals surface area contributed by atoms with Crippen LogP contribution in [-0.4, -0.2) is 24.5 Å². The van der Waals surface area contributed by atoms with E-state index < -0.39 is 0 Å². The number of anilines is 1. The second kappa shape index (κ2) is 9.61. The number of carbonyl (C=O) groups is 1. The van der Waals surface area contributed by atoms with Gasteiger partial charge in [-0.1, -0.05) is 51.1 Å². The Morgan fingerprint density at radius 3 is 2.62 bits per heavy atom. The highest BCUT2D eigenvalue weighted by Gasteiger charge is 2.12. The van der Waals surface area contributed by atoms with Gasteiger partial charge in [0.25, 0.3) is 5.91 Å². The first kappa shape index (κ1) is 17.8. The molecule has 0 bridgehead atoms. The molecule has 0 unspecified atom stereocenters. The molecule has 0 aliphatic rings. The van der Waals surface area contributed by atoms with Crippen LogP contribution < -0.4 is 10.6 Å². The van der Waals surface area contributed by atoms with Crippen molar-refractivity contribution in [3.8, 4) is 0 Å². The molecular weight excluding hydrogens is 286 g/mol. The molecule has 1 amide bonds. The van der Waals surface area contributed by atoms with Gasteiger partial charge in [0, 0.05) is 13.6 Å². The first-order valence-corrected chi connectivity index (χ1v) is 8.05. The molecule has 5 heteroatoms. The van der Waals surface area contributed by atoms with E-state index in [1.165, 1.54) is 19.3 Å². The van der Waals surface area contributed by atoms with E-state index in [1.54, 1.807) is 19.2 Å². The molecule has 0 radical (unpaired) electrons. The van der Waals surface area contributed by atoms with Crippen molar-refractivity contribution in [2.75, 3.05) is 18.9 Å². The Morgan fingerprint density at radius 2 is 1.95 bits per heavy atom. The van der Waals surface area contributed by atoms with Gasteiger partial charge in [-0.15, -0.1) is 0 Å². The van der Waals surface area contributed by atoms with Crippen LogP contribution in [0.3, 0.4) is 0 Å². The number of pyridine rings is 1. The summed E-state index contributed by atoms with van der Waals surface area (Å²) in [7, 11) is 1.76. The van der Waals surface area contributed by atoms with E-state index in [2.05, 4.69) is 29.5 Å². The monoisotopic (exact) mass is 311 g/mol. The van der Waals surface area contributed by atoms with Crippen molar-refractivity contribution in [2.24, 2.45) is 5.92 Å². The van der Waals surface area contributed by atoms with Crippen molar-refractivity contribution in [3.63, 3.8) is 0 Å². The predicted octanol–water partition coefficient (Wildman–Crippen LogP) is 4.11. The molecular formula is C16H26ClN3O. The highest BCUT2D eigenvalue weighted by Crippen LogP contribution is 2.16. The number of aromatic nitrogens is 1. The smallest absolute Gasteiger partial charge is 0.271 e. The second-order valence-electron chi connectivity index (χ2n) is 5.63. The highest BCUT2D eigenvalue weighted by atomic mass is 35.5. The van der Waals surface area contributed by atoms with E-state index in [4.69, 9.17) is 11.6 Å². The summed E-state index contributed by atoms with van der Waals surface area (Å²) < 4.78 is 0. The average Bonchev–Trinajstić information content (AvgIpc) is 2.46. The zero-order valence-corrected chi connectivity index (χ0v) is 14.0. The number of nitrogens with zero attached hydrogens (tertiary/aromatic N) is 1. The number of halogens is 1. The van der Waals surface area contributed by atoms with Crippen LogP contribution in [0.4, 0.5) is 5.82 Å². The average molecular weight is 312 g/mol. The topological polar surface area (TPSA) is 54.0 Å². The third-order valence-electron chi connectivity index (χ3n) is 3.31. The van der Waals surface area contributed by atoms with Gasteiger partial charge >= 0.3 is 0 Å². The molecule has 0 saturated carbocycles. The molecule has 0 aliphatic carbocycles. The molecule has 1 rings (SSSR count). The molecule has 0 aliphatic heterocycles. The van der Waals surface area contributed by atoms with Crippen LogP contribution >= 0.6 is 11.6 Å². The first-order valence-electron chi connectivity index (χ1n) is 7.67. The van der Waals surface area contributed by atoms with Crippen LogP contribution in [0.15, 0.2) is 12.1 Å². The van der Waals surface area contributed by atoms with Gasteiger partial charge in [0.15, 0.2) is 0 Å². The van der Waals surface area contributed by atoms with E-state index in [0.29, 0.717) is 17.4 Å². The van der Waals surface area contributed by atoms with E-state index in [1.807, 2.05) is 0 Å². The lowest BCUT2D eigenvalue weighted by molar-refractivity contribution is 0.0948. The lowest BCUT2D eigenvalue weighted by atomic mass is 10.0. The number of unbranched alkanes of at least 4 members (excludes halogenated alkanes) is 3. The van der Waals surface area contributed by atoms with Crippen LogP contribution in [0.2, 0.25) is 5.02 Å². The SMILES string of the molecule is CNc1ccc(Cl)c(C(=O)NCCCCCCC(C)C)n1. The molecule has 1 aromatic heterocycles. The Labute approximate surface area is 132 Å². The Morgan fingerprint density at radius 1 is 1.24 bits per heavy atom. The lowest BCUT2D eigenvalue weighted by Gasteiger charge is -2.08. The summed E-state index contributed by atoms with van der Waals surface area (Å²) in [5.41, 5.74) is 0.281. The first-order chi connectivity index (χ1) is 10.0. The molecule has 0 spiro atoms. The molecule has 21 heavy (non-hydrogen) atoms. The predicted molar refractivity (Wildman–Crippen MR) is 89.0 cm³/mol. The van der Waals surface area contributed by atoms with E-state index in [9.17, 15) is 4.79 Å². The zero-order valence-electron chi connectivity index (χ0n) is 13.2. The Balaban J connectivity index is 2.28. The molecule has 118 valence electrons. The molecule has 1 heterocycles. The van der Waals surface area contributed by atoms with Crippen molar-refractivity contribution in [3.05, 3.63) is 22.8 Å². The summed E-state index contributed by atoms with van der Waals surface area (Å²) in [6, 6.07) is 3.43. The van der Waals surface area contributed by atoms with Crippen molar-refractivity contribution >= 4 is 23.3 Å². The fourth-order valence-electron chi connectivity index (χ4n) is 2.06. The molecule has 0 atom stereocenters. The van der Waals surface area contributed by atoms with Crippen LogP contribution in [0.5, 0.6) is 0 Å².